The first-order chi connectivity index (χ1) is 12.5. The largest absolute Gasteiger partial charge is 0.465 e. The Hall–Kier alpha value is -3.49. The molecule has 0 radical (unpaired) electrons. The van der Waals surface area contributed by atoms with Gasteiger partial charge in [0, 0.05) is 25.0 Å². The van der Waals surface area contributed by atoms with Crippen molar-refractivity contribution in [2.75, 3.05) is 24.1 Å². The van der Waals surface area contributed by atoms with Crippen molar-refractivity contribution in [3.8, 4) is 11.5 Å². The highest BCUT2D eigenvalue weighted by Crippen LogP contribution is 2.43. The molecule has 1 unspecified atom stereocenters. The van der Waals surface area contributed by atoms with Gasteiger partial charge in [-0.15, -0.1) is 0 Å². The van der Waals surface area contributed by atoms with Crippen LogP contribution >= 0.6 is 0 Å². The van der Waals surface area contributed by atoms with Gasteiger partial charge in [-0.3, -0.25) is 15.1 Å². The third kappa shape index (κ3) is 2.63. The summed E-state index contributed by atoms with van der Waals surface area (Å²) in [7, 11) is 0. The summed E-state index contributed by atoms with van der Waals surface area (Å²) in [6.45, 7) is 0.787. The van der Waals surface area contributed by atoms with Gasteiger partial charge < -0.3 is 15.6 Å². The average Bonchev–Trinajstić information content (AvgIpc) is 2.63. The number of nitrogens with two attached hydrogens (primary N) is 1. The molecule has 4 rings (SSSR count). The number of rotatable bonds is 2. The van der Waals surface area contributed by atoms with Gasteiger partial charge in [0.25, 0.3) is 0 Å². The van der Waals surface area contributed by atoms with Crippen LogP contribution in [-0.2, 0) is 0 Å². The number of carbonyl (C=O) groups is 2. The van der Waals surface area contributed by atoms with Gasteiger partial charge in [0.05, 0.1) is 5.56 Å². The van der Waals surface area contributed by atoms with Gasteiger partial charge in [0.15, 0.2) is 0 Å². The number of fused-ring (bicyclic) bond motifs is 3. The van der Waals surface area contributed by atoms with Crippen molar-refractivity contribution >= 4 is 23.6 Å². The molecule has 1 aromatic carbocycles. The molecule has 2 aliphatic heterocycles. The third-order valence-corrected chi connectivity index (χ3v) is 4.44. The van der Waals surface area contributed by atoms with Crippen LogP contribution in [0.3, 0.4) is 0 Å². The van der Waals surface area contributed by atoms with Gasteiger partial charge in [0.2, 0.25) is 0 Å². The third-order valence-electron chi connectivity index (χ3n) is 4.44. The van der Waals surface area contributed by atoms with E-state index in [0.717, 1.165) is 0 Å². The highest BCUT2D eigenvalue weighted by molar-refractivity contribution is 5.93. The first-order valence-corrected chi connectivity index (χ1v) is 8.14. The topological polar surface area (TPSA) is 121 Å². The van der Waals surface area contributed by atoms with Crippen molar-refractivity contribution in [3.05, 3.63) is 42.1 Å². The van der Waals surface area contributed by atoms with Crippen LogP contribution in [0.4, 0.5) is 21.1 Å². The number of nitrogens with one attached hydrogen (secondary N) is 1. The van der Waals surface area contributed by atoms with E-state index in [-0.39, 0.29) is 6.03 Å². The van der Waals surface area contributed by atoms with E-state index in [1.54, 1.807) is 30.3 Å². The van der Waals surface area contributed by atoms with Crippen molar-refractivity contribution in [1.29, 1.82) is 0 Å². The minimum atomic E-state index is -1.09. The maximum atomic E-state index is 12.4. The second-order valence-corrected chi connectivity index (χ2v) is 6.07. The Morgan fingerprint density at radius 1 is 1.27 bits per heavy atom. The maximum Gasteiger partial charge on any atom is 0.409 e. The number of ether oxygens (including phenoxy) is 1. The van der Waals surface area contributed by atoms with Crippen LogP contribution in [0.2, 0.25) is 0 Å². The molecule has 0 saturated carbocycles. The van der Waals surface area contributed by atoms with E-state index < -0.39 is 12.3 Å². The minimum absolute atomic E-state index is 0.303. The molecule has 9 nitrogen and oxygen atoms in total. The molecule has 9 heteroatoms. The summed E-state index contributed by atoms with van der Waals surface area (Å²) in [5.74, 6) is 1.29. The number of urea groups is 1. The van der Waals surface area contributed by atoms with Gasteiger partial charge in [-0.25, -0.2) is 14.6 Å². The van der Waals surface area contributed by atoms with Crippen LogP contribution in [0.5, 0.6) is 11.5 Å². The molecule has 0 bridgehead atoms. The molecule has 4 N–H and O–H groups in total. The molecule has 2 aliphatic rings. The minimum Gasteiger partial charge on any atom is -0.465 e. The zero-order chi connectivity index (χ0) is 18.3. The Morgan fingerprint density at radius 3 is 2.77 bits per heavy atom. The van der Waals surface area contributed by atoms with Crippen molar-refractivity contribution in [2.24, 2.45) is 0 Å². The normalized spacial score (nSPS) is 18.6. The number of pyridine rings is 1. The summed E-state index contributed by atoms with van der Waals surface area (Å²) in [5.41, 5.74) is 6.82. The van der Waals surface area contributed by atoms with E-state index in [9.17, 15) is 14.7 Å². The fourth-order valence-electron chi connectivity index (χ4n) is 3.28. The van der Waals surface area contributed by atoms with Crippen LogP contribution in [0.25, 0.3) is 0 Å². The predicted molar refractivity (Wildman–Crippen MR) is 93.0 cm³/mol. The van der Waals surface area contributed by atoms with Gasteiger partial charge in [-0.2, -0.15) is 0 Å². The summed E-state index contributed by atoms with van der Waals surface area (Å²) < 4.78 is 5.95. The van der Waals surface area contributed by atoms with E-state index in [4.69, 9.17) is 10.5 Å². The van der Waals surface area contributed by atoms with Crippen LogP contribution < -0.4 is 15.8 Å². The van der Waals surface area contributed by atoms with Crippen molar-refractivity contribution in [2.45, 2.75) is 12.6 Å². The number of benzene rings is 1. The lowest BCUT2D eigenvalue weighted by Crippen LogP contribution is -2.55. The van der Waals surface area contributed by atoms with Crippen LogP contribution in [0, 0.1) is 0 Å². The first kappa shape index (κ1) is 16.0. The molecule has 1 aromatic heterocycles. The number of aromatic nitrogens is 1. The molecule has 26 heavy (non-hydrogen) atoms. The maximum absolute atomic E-state index is 12.4. The quantitative estimate of drug-likeness (QED) is 0.712. The lowest BCUT2D eigenvalue weighted by Gasteiger charge is -2.45. The monoisotopic (exact) mass is 355 g/mol. The number of carbonyl (C=O) groups excluding carboxylic acids is 1. The van der Waals surface area contributed by atoms with Crippen molar-refractivity contribution in [3.63, 3.8) is 0 Å². The van der Waals surface area contributed by atoms with E-state index in [0.29, 0.717) is 48.1 Å². The van der Waals surface area contributed by atoms with Gasteiger partial charge in [-0.05, 0) is 36.8 Å². The summed E-state index contributed by atoms with van der Waals surface area (Å²) >= 11 is 0. The summed E-state index contributed by atoms with van der Waals surface area (Å²) in [4.78, 5) is 31.0. The van der Waals surface area contributed by atoms with Crippen LogP contribution in [-0.4, -0.2) is 45.1 Å². The Kier molecular flexibility index (Phi) is 3.76. The molecule has 0 spiro atoms. The van der Waals surface area contributed by atoms with Gasteiger partial charge in [-0.1, -0.05) is 0 Å². The Morgan fingerprint density at radius 2 is 2.04 bits per heavy atom. The predicted octanol–water partition coefficient (Wildman–Crippen LogP) is 2.69. The molecule has 1 atom stereocenters. The van der Waals surface area contributed by atoms with Crippen LogP contribution in [0.1, 0.15) is 18.2 Å². The van der Waals surface area contributed by atoms with E-state index in [1.807, 2.05) is 0 Å². The number of hydrogen-bond donors (Lipinski definition) is 3. The van der Waals surface area contributed by atoms with E-state index in [2.05, 4.69) is 10.3 Å². The smallest absolute Gasteiger partial charge is 0.409 e. The molecular formula is C17H17N5O4. The van der Waals surface area contributed by atoms with Gasteiger partial charge in [0.1, 0.15) is 23.5 Å². The number of amides is 3. The second-order valence-electron chi connectivity index (χ2n) is 6.07. The fraction of sp³-hybridized carbons (Fsp3) is 0.235. The van der Waals surface area contributed by atoms with Crippen molar-refractivity contribution in [1.82, 2.24) is 14.8 Å². The average molecular weight is 355 g/mol. The second kappa shape index (κ2) is 6.10. The summed E-state index contributed by atoms with van der Waals surface area (Å²) in [5, 5.41) is 12.3. The first-order valence-electron chi connectivity index (χ1n) is 8.14. The molecule has 3 heterocycles. The van der Waals surface area contributed by atoms with E-state index in [1.165, 1.54) is 16.0 Å². The molecule has 0 aliphatic carbocycles. The standard InChI is InChI=1S/C17H17N5O4/c18-10-2-4-11(5-3-10)26-12-6-7-19-14-13(12)15-21(16(23)20-14)8-1-9-22(15)17(24)25/h2-7,15H,1,8-9,18H2,(H,24,25)(H,19,20,23). The molecule has 3 amide bonds. The zero-order valence-corrected chi connectivity index (χ0v) is 13.8. The van der Waals surface area contributed by atoms with Gasteiger partial charge >= 0.3 is 12.1 Å². The SMILES string of the molecule is Nc1ccc(Oc2ccnc3c2C2N(C(=O)O)CCCN2C(=O)N3)cc1. The summed E-state index contributed by atoms with van der Waals surface area (Å²) in [6, 6.07) is 8.14. The fourth-order valence-corrected chi connectivity index (χ4v) is 3.28. The number of nitrogens with zero attached hydrogens (tertiary/aromatic N) is 3. The molecule has 1 fully saturated rings. The molecule has 1 saturated heterocycles. The number of carboxylic acid groups (broad SMARTS) is 1. The zero-order valence-electron chi connectivity index (χ0n) is 13.8. The Labute approximate surface area is 149 Å². The number of anilines is 2. The Bertz CT molecular complexity index is 870. The molecule has 2 aromatic rings. The van der Waals surface area contributed by atoms with E-state index >= 15 is 0 Å². The summed E-state index contributed by atoms with van der Waals surface area (Å²) in [6.07, 6.45) is 0.208. The number of nitrogen functional groups attached to an aromatic ring is 1. The highest BCUT2D eigenvalue weighted by Gasteiger charge is 2.43. The molecular weight excluding hydrogens is 338 g/mol. The lowest BCUT2D eigenvalue weighted by molar-refractivity contribution is 0.0332. The number of hydrogen-bond acceptors (Lipinski definition) is 5. The Balaban J connectivity index is 1.79. The van der Waals surface area contributed by atoms with Crippen LogP contribution in [0.15, 0.2) is 36.5 Å². The lowest BCUT2D eigenvalue weighted by atomic mass is 10.0. The van der Waals surface area contributed by atoms with Crippen molar-refractivity contribution < 1.29 is 19.4 Å². The molecule has 134 valence electrons. The highest BCUT2D eigenvalue weighted by atomic mass is 16.5.